The number of hydrogen-bond donors (Lipinski definition) is 2. The van der Waals surface area contributed by atoms with E-state index in [9.17, 15) is 9.59 Å². The van der Waals surface area contributed by atoms with E-state index in [0.717, 1.165) is 5.39 Å². The number of aromatic nitrogens is 4. The molecule has 0 bridgehead atoms. The van der Waals surface area contributed by atoms with Crippen LogP contribution in [0.15, 0.2) is 30.6 Å². The van der Waals surface area contributed by atoms with Crippen molar-refractivity contribution in [1.82, 2.24) is 25.1 Å². The molecule has 3 aromatic rings. The number of nitrogens with one attached hydrogen (secondary N) is 1. The van der Waals surface area contributed by atoms with Gasteiger partial charge in [0.2, 0.25) is 5.91 Å². The van der Waals surface area contributed by atoms with Gasteiger partial charge in [0, 0.05) is 23.4 Å². The normalized spacial score (nSPS) is 16.3. The summed E-state index contributed by atoms with van der Waals surface area (Å²) in [6, 6.07) is 4.38. The molecule has 1 aliphatic heterocycles. The molecule has 1 aromatic carbocycles. The van der Waals surface area contributed by atoms with E-state index in [-0.39, 0.29) is 11.9 Å². The van der Waals surface area contributed by atoms with Gasteiger partial charge in [0.25, 0.3) is 5.91 Å². The fourth-order valence-electron chi connectivity index (χ4n) is 3.02. The average molecular weight is 336 g/mol. The second kappa shape index (κ2) is 5.37. The molecule has 0 saturated carbocycles. The van der Waals surface area contributed by atoms with Crippen molar-refractivity contribution in [2.24, 2.45) is 5.73 Å². The number of fused-ring (bicyclic) bond motifs is 2. The van der Waals surface area contributed by atoms with E-state index in [1.54, 1.807) is 35.3 Å². The maximum atomic E-state index is 12.2. The SMILES string of the molecule is CC(C)n1ncc2cnc(C3NC(=O)c4ccc(C(N)=O)cc43)nc21. The van der Waals surface area contributed by atoms with Crippen LogP contribution in [0, 0.1) is 0 Å². The largest absolute Gasteiger partial charge is 0.366 e. The van der Waals surface area contributed by atoms with Crippen molar-refractivity contribution in [2.75, 3.05) is 0 Å². The lowest BCUT2D eigenvalue weighted by Gasteiger charge is -2.12. The lowest BCUT2D eigenvalue weighted by atomic mass is 10.0. The average Bonchev–Trinajstić information content (AvgIpc) is 3.15. The van der Waals surface area contributed by atoms with Gasteiger partial charge in [0.15, 0.2) is 11.5 Å². The van der Waals surface area contributed by atoms with Gasteiger partial charge in [0.1, 0.15) is 6.04 Å². The van der Waals surface area contributed by atoms with Crippen LogP contribution in [0.3, 0.4) is 0 Å². The van der Waals surface area contributed by atoms with E-state index in [2.05, 4.69) is 20.4 Å². The molecule has 2 amide bonds. The van der Waals surface area contributed by atoms with Gasteiger partial charge < -0.3 is 11.1 Å². The number of benzene rings is 1. The Balaban J connectivity index is 1.85. The van der Waals surface area contributed by atoms with Gasteiger partial charge in [-0.1, -0.05) is 0 Å². The molecule has 0 spiro atoms. The third-order valence-electron chi connectivity index (χ3n) is 4.27. The number of rotatable bonds is 3. The van der Waals surface area contributed by atoms with E-state index in [1.165, 1.54) is 0 Å². The number of carbonyl (C=O) groups is 2. The van der Waals surface area contributed by atoms with Crippen LogP contribution in [0.4, 0.5) is 0 Å². The Morgan fingerprint density at radius 3 is 2.84 bits per heavy atom. The highest BCUT2D eigenvalue weighted by Gasteiger charge is 2.32. The van der Waals surface area contributed by atoms with Crippen molar-refractivity contribution in [3.63, 3.8) is 0 Å². The minimum absolute atomic E-state index is 0.146. The van der Waals surface area contributed by atoms with E-state index < -0.39 is 11.9 Å². The molecule has 126 valence electrons. The summed E-state index contributed by atoms with van der Waals surface area (Å²) in [7, 11) is 0. The summed E-state index contributed by atoms with van der Waals surface area (Å²) in [5.74, 6) is -0.323. The second-order valence-corrected chi connectivity index (χ2v) is 6.26. The third kappa shape index (κ3) is 2.34. The molecule has 3 N–H and O–H groups in total. The Morgan fingerprint density at radius 2 is 2.12 bits per heavy atom. The second-order valence-electron chi connectivity index (χ2n) is 6.26. The van der Waals surface area contributed by atoms with Crippen molar-refractivity contribution in [2.45, 2.75) is 25.9 Å². The highest BCUT2D eigenvalue weighted by Crippen LogP contribution is 2.30. The summed E-state index contributed by atoms with van der Waals surface area (Å²) in [6.45, 7) is 4.03. The maximum Gasteiger partial charge on any atom is 0.252 e. The number of nitrogens with two attached hydrogens (primary N) is 1. The molecular formula is C17H16N6O2. The first-order chi connectivity index (χ1) is 12.0. The monoisotopic (exact) mass is 336 g/mol. The third-order valence-corrected chi connectivity index (χ3v) is 4.27. The van der Waals surface area contributed by atoms with Crippen LogP contribution < -0.4 is 11.1 Å². The van der Waals surface area contributed by atoms with Crippen LogP contribution in [0.1, 0.15) is 58.0 Å². The lowest BCUT2D eigenvalue weighted by molar-refractivity contribution is 0.0957. The Labute approximate surface area is 143 Å². The highest BCUT2D eigenvalue weighted by atomic mass is 16.2. The first kappa shape index (κ1) is 15.3. The minimum Gasteiger partial charge on any atom is -0.366 e. The maximum absolute atomic E-state index is 12.2. The minimum atomic E-state index is -0.546. The summed E-state index contributed by atoms with van der Waals surface area (Å²) in [5, 5.41) is 8.01. The van der Waals surface area contributed by atoms with Crippen LogP contribution >= 0.6 is 0 Å². The zero-order valence-corrected chi connectivity index (χ0v) is 13.7. The number of amides is 2. The van der Waals surface area contributed by atoms with Gasteiger partial charge in [-0.2, -0.15) is 5.10 Å². The van der Waals surface area contributed by atoms with Gasteiger partial charge in [0.05, 0.1) is 11.6 Å². The van der Waals surface area contributed by atoms with Crippen molar-refractivity contribution >= 4 is 22.8 Å². The predicted molar refractivity (Wildman–Crippen MR) is 90.0 cm³/mol. The summed E-state index contributed by atoms with van der Waals surface area (Å²) >= 11 is 0. The predicted octanol–water partition coefficient (Wildman–Crippen LogP) is 1.34. The molecule has 3 heterocycles. The fourth-order valence-corrected chi connectivity index (χ4v) is 3.02. The van der Waals surface area contributed by atoms with Crippen LogP contribution in [-0.4, -0.2) is 31.6 Å². The zero-order valence-electron chi connectivity index (χ0n) is 13.7. The Bertz CT molecular complexity index is 1020. The Hall–Kier alpha value is -3.29. The quantitative estimate of drug-likeness (QED) is 0.749. The highest BCUT2D eigenvalue weighted by molar-refractivity contribution is 6.01. The summed E-state index contributed by atoms with van der Waals surface area (Å²) in [5.41, 5.74) is 7.54. The molecule has 4 rings (SSSR count). The fraction of sp³-hybridized carbons (Fsp3) is 0.235. The smallest absolute Gasteiger partial charge is 0.252 e. The number of carbonyl (C=O) groups excluding carboxylic acids is 2. The summed E-state index contributed by atoms with van der Waals surface area (Å²) < 4.78 is 1.80. The molecule has 0 fully saturated rings. The molecule has 25 heavy (non-hydrogen) atoms. The molecule has 1 aliphatic rings. The number of nitrogens with zero attached hydrogens (tertiary/aromatic N) is 4. The Kier molecular flexibility index (Phi) is 3.28. The van der Waals surface area contributed by atoms with Crippen LogP contribution in [0.2, 0.25) is 0 Å². The van der Waals surface area contributed by atoms with Crippen LogP contribution in [-0.2, 0) is 0 Å². The van der Waals surface area contributed by atoms with Crippen LogP contribution in [0.5, 0.6) is 0 Å². The van der Waals surface area contributed by atoms with Crippen molar-refractivity contribution in [3.8, 4) is 0 Å². The molecule has 8 heteroatoms. The number of primary amides is 1. The van der Waals surface area contributed by atoms with Crippen molar-refractivity contribution in [1.29, 1.82) is 0 Å². The van der Waals surface area contributed by atoms with Crippen molar-refractivity contribution < 1.29 is 9.59 Å². The van der Waals surface area contributed by atoms with E-state index in [0.29, 0.717) is 28.2 Å². The molecule has 0 radical (unpaired) electrons. The molecule has 0 aliphatic carbocycles. The van der Waals surface area contributed by atoms with Crippen LogP contribution in [0.25, 0.3) is 11.0 Å². The molecule has 8 nitrogen and oxygen atoms in total. The van der Waals surface area contributed by atoms with Gasteiger partial charge in [-0.25, -0.2) is 14.6 Å². The van der Waals surface area contributed by atoms with E-state index in [1.807, 2.05) is 13.8 Å². The molecule has 1 unspecified atom stereocenters. The molecular weight excluding hydrogens is 320 g/mol. The standard InChI is InChI=1S/C17H16N6O2/c1-8(2)23-16-10(7-20-23)6-19-15(22-16)13-12-5-9(14(18)24)3-4-11(12)17(25)21-13/h3-8,13H,1-2H3,(H2,18,24)(H,21,25). The van der Waals surface area contributed by atoms with E-state index >= 15 is 0 Å². The summed E-state index contributed by atoms with van der Waals surface area (Å²) in [6.07, 6.45) is 3.40. The van der Waals surface area contributed by atoms with E-state index in [4.69, 9.17) is 5.73 Å². The number of hydrogen-bond acceptors (Lipinski definition) is 5. The zero-order chi connectivity index (χ0) is 17.7. The lowest BCUT2D eigenvalue weighted by Crippen LogP contribution is -2.22. The van der Waals surface area contributed by atoms with Gasteiger partial charge in [-0.15, -0.1) is 0 Å². The van der Waals surface area contributed by atoms with Crippen molar-refractivity contribution in [3.05, 3.63) is 53.1 Å². The molecule has 2 aromatic heterocycles. The first-order valence-corrected chi connectivity index (χ1v) is 7.90. The topological polar surface area (TPSA) is 116 Å². The molecule has 1 atom stereocenters. The van der Waals surface area contributed by atoms with Gasteiger partial charge in [-0.05, 0) is 37.6 Å². The summed E-state index contributed by atoms with van der Waals surface area (Å²) in [4.78, 5) is 32.7. The molecule has 0 saturated heterocycles. The Morgan fingerprint density at radius 1 is 1.32 bits per heavy atom. The first-order valence-electron chi connectivity index (χ1n) is 7.90. The van der Waals surface area contributed by atoms with Gasteiger partial charge >= 0.3 is 0 Å². The van der Waals surface area contributed by atoms with Gasteiger partial charge in [-0.3, -0.25) is 9.59 Å².